The lowest BCUT2D eigenvalue weighted by Gasteiger charge is -2.29. The van der Waals surface area contributed by atoms with Crippen LogP contribution in [0.4, 0.5) is 17.1 Å². The highest BCUT2D eigenvalue weighted by atomic mass is 16.6. The van der Waals surface area contributed by atoms with Crippen LogP contribution in [0.25, 0.3) is 11.1 Å². The normalized spacial score (nSPS) is 18.1. The van der Waals surface area contributed by atoms with E-state index in [1.54, 1.807) is 0 Å². The van der Waals surface area contributed by atoms with E-state index < -0.39 is 5.60 Å². The van der Waals surface area contributed by atoms with Crippen LogP contribution in [0, 0.1) is 0 Å². The molecule has 0 spiro atoms. The molecule has 7 nitrogen and oxygen atoms in total. The summed E-state index contributed by atoms with van der Waals surface area (Å²) in [4.78, 5) is 21.7. The summed E-state index contributed by atoms with van der Waals surface area (Å²) in [6.45, 7) is 15.4. The van der Waals surface area contributed by atoms with Crippen molar-refractivity contribution in [3.8, 4) is 11.5 Å². The molecule has 3 heterocycles. The topological polar surface area (TPSA) is 54.5 Å². The first kappa shape index (κ1) is 41.8. The average molecular weight is 816 g/mol. The smallest absolute Gasteiger partial charge is 0.340 e. The number of hydrogen-bond acceptors (Lipinski definition) is 7. The first-order valence-corrected chi connectivity index (χ1v) is 22.7. The quantitative estimate of drug-likeness (QED) is 0.0976. The van der Waals surface area contributed by atoms with Gasteiger partial charge >= 0.3 is 5.97 Å². The van der Waals surface area contributed by atoms with Gasteiger partial charge in [0.1, 0.15) is 11.5 Å². The van der Waals surface area contributed by atoms with Gasteiger partial charge in [0.05, 0.1) is 18.8 Å². The molecule has 61 heavy (non-hydrogen) atoms. The van der Waals surface area contributed by atoms with Crippen LogP contribution in [0.15, 0.2) is 127 Å². The molecule has 0 saturated carbocycles. The molecule has 0 N–H and O–H groups in total. The summed E-state index contributed by atoms with van der Waals surface area (Å²) in [5.74, 6) is 1.29. The van der Waals surface area contributed by atoms with E-state index in [1.807, 2.05) is 44.2 Å². The summed E-state index contributed by atoms with van der Waals surface area (Å²) in [7, 11) is 0. The Hall–Kier alpha value is -5.95. The average Bonchev–Trinajstić information content (AvgIpc) is 3.59. The van der Waals surface area contributed by atoms with Crippen molar-refractivity contribution in [3.05, 3.63) is 161 Å². The van der Waals surface area contributed by atoms with Crippen LogP contribution < -0.4 is 24.2 Å². The summed E-state index contributed by atoms with van der Waals surface area (Å²) in [5.41, 5.74) is 9.59. The Kier molecular flexibility index (Phi) is 13.1. The van der Waals surface area contributed by atoms with E-state index in [1.165, 1.54) is 49.9 Å². The van der Waals surface area contributed by atoms with Crippen LogP contribution in [0.2, 0.25) is 0 Å². The number of nitrogens with zero attached hydrogens (tertiary/aromatic N) is 3. The van der Waals surface area contributed by atoms with Crippen molar-refractivity contribution < 1.29 is 19.0 Å². The van der Waals surface area contributed by atoms with Crippen molar-refractivity contribution >= 4 is 34.2 Å². The second-order valence-corrected chi connectivity index (χ2v) is 16.3. The van der Waals surface area contributed by atoms with Crippen LogP contribution >= 0.6 is 0 Å². The molecule has 0 unspecified atom stereocenters. The van der Waals surface area contributed by atoms with E-state index in [9.17, 15) is 4.79 Å². The standard InChI is InChI=1S/C54H61N3O4/c1-5-55(6-2)46-27-32-52-49(37-46)53(58)61-54(52,38-50(42-19-28-47(29-20-42)59-7-3)40-15-23-44(24-16-40)56-33-11-9-12-34-56)39-51(43-21-30-48(31-22-43)60-8-4)41-17-25-45(26-18-41)57-35-13-10-14-36-57/h15-32,37-39H,5-14,33-36H2,1-4H3. The number of carbonyl (C=O) groups is 1. The van der Waals surface area contributed by atoms with Crippen molar-refractivity contribution in [1.82, 2.24) is 0 Å². The second-order valence-electron chi connectivity index (χ2n) is 16.3. The van der Waals surface area contributed by atoms with Crippen LogP contribution in [0.3, 0.4) is 0 Å². The van der Waals surface area contributed by atoms with Crippen molar-refractivity contribution in [2.24, 2.45) is 0 Å². The van der Waals surface area contributed by atoms with Crippen LogP contribution in [0.5, 0.6) is 11.5 Å². The molecule has 5 aromatic rings. The number of rotatable bonds is 15. The van der Waals surface area contributed by atoms with Gasteiger partial charge in [0.15, 0.2) is 5.60 Å². The first-order valence-electron chi connectivity index (χ1n) is 22.7. The van der Waals surface area contributed by atoms with Crippen LogP contribution in [-0.2, 0) is 10.3 Å². The Morgan fingerprint density at radius 1 is 0.574 bits per heavy atom. The molecule has 0 amide bonds. The third-order valence-electron chi connectivity index (χ3n) is 12.5. The number of esters is 1. The summed E-state index contributed by atoms with van der Waals surface area (Å²) in [6, 6.07) is 40.6. The molecule has 0 atom stereocenters. The molecule has 3 aliphatic heterocycles. The number of ether oxygens (including phenoxy) is 3. The van der Waals surface area contributed by atoms with Gasteiger partial charge in [-0.15, -0.1) is 0 Å². The molecule has 316 valence electrons. The van der Waals surface area contributed by atoms with Gasteiger partial charge in [0, 0.05) is 61.9 Å². The van der Waals surface area contributed by atoms with Gasteiger partial charge in [-0.3, -0.25) is 0 Å². The highest BCUT2D eigenvalue weighted by molar-refractivity contribution is 5.98. The number of hydrogen-bond donors (Lipinski definition) is 0. The van der Waals surface area contributed by atoms with E-state index in [4.69, 9.17) is 14.2 Å². The zero-order valence-electron chi connectivity index (χ0n) is 36.5. The summed E-state index contributed by atoms with van der Waals surface area (Å²) >= 11 is 0. The fraction of sp³-hybridized carbons (Fsp3) is 0.352. The lowest BCUT2D eigenvalue weighted by molar-refractivity contribution is 0.0299. The number of benzene rings is 5. The lowest BCUT2D eigenvalue weighted by atomic mass is 9.83. The van der Waals surface area contributed by atoms with E-state index in [2.05, 4.69) is 126 Å². The minimum Gasteiger partial charge on any atom is -0.494 e. The molecule has 8 rings (SSSR count). The van der Waals surface area contributed by atoms with Gasteiger partial charge in [-0.05, 0) is 172 Å². The van der Waals surface area contributed by atoms with Crippen LogP contribution in [-0.4, -0.2) is 58.5 Å². The Morgan fingerprint density at radius 3 is 1.38 bits per heavy atom. The summed E-state index contributed by atoms with van der Waals surface area (Å²) in [5, 5.41) is 0. The Labute approximate surface area is 363 Å². The van der Waals surface area contributed by atoms with Crippen molar-refractivity contribution in [2.75, 3.05) is 67.2 Å². The fourth-order valence-corrected chi connectivity index (χ4v) is 9.24. The molecule has 2 saturated heterocycles. The third kappa shape index (κ3) is 9.22. The number of fused-ring (bicyclic) bond motifs is 1. The van der Waals surface area contributed by atoms with Gasteiger partial charge in [0.2, 0.25) is 0 Å². The molecule has 0 bridgehead atoms. The third-order valence-corrected chi connectivity index (χ3v) is 12.5. The highest BCUT2D eigenvalue weighted by Crippen LogP contribution is 2.46. The maximum absolute atomic E-state index is 14.5. The predicted molar refractivity (Wildman–Crippen MR) is 251 cm³/mol. The Balaban J connectivity index is 1.35. The van der Waals surface area contributed by atoms with Crippen molar-refractivity contribution in [3.63, 3.8) is 0 Å². The van der Waals surface area contributed by atoms with E-state index in [0.717, 1.165) is 95.4 Å². The predicted octanol–water partition coefficient (Wildman–Crippen LogP) is 11.9. The Morgan fingerprint density at radius 2 is 0.984 bits per heavy atom. The molecule has 5 aromatic carbocycles. The van der Waals surface area contributed by atoms with E-state index in [-0.39, 0.29) is 5.97 Å². The zero-order chi connectivity index (χ0) is 42.2. The molecule has 0 radical (unpaired) electrons. The maximum atomic E-state index is 14.5. The van der Waals surface area contributed by atoms with Crippen molar-refractivity contribution in [1.29, 1.82) is 0 Å². The van der Waals surface area contributed by atoms with Gasteiger partial charge in [-0.2, -0.15) is 0 Å². The summed E-state index contributed by atoms with van der Waals surface area (Å²) < 4.78 is 18.6. The van der Waals surface area contributed by atoms with Crippen molar-refractivity contribution in [2.45, 2.75) is 71.8 Å². The maximum Gasteiger partial charge on any atom is 0.340 e. The lowest BCUT2D eigenvalue weighted by Crippen LogP contribution is -2.29. The molecular formula is C54H61N3O4. The molecule has 0 aliphatic carbocycles. The van der Waals surface area contributed by atoms with Gasteiger partial charge < -0.3 is 28.9 Å². The molecule has 3 aliphatic rings. The zero-order valence-corrected chi connectivity index (χ0v) is 36.5. The van der Waals surface area contributed by atoms with Gasteiger partial charge in [-0.25, -0.2) is 4.79 Å². The molecule has 7 heteroatoms. The largest absolute Gasteiger partial charge is 0.494 e. The van der Waals surface area contributed by atoms with E-state index >= 15 is 0 Å². The number of piperidine rings is 2. The SMILES string of the molecule is CCOc1ccc(C(=CC2(C=C(c3ccc(OCC)cc3)c3ccc(N4CCCCC4)cc3)OC(=O)c3cc(N(CC)CC)ccc32)c2ccc(N3CCCCC3)cc2)cc1. The first-order chi connectivity index (χ1) is 29.9. The number of cyclic esters (lactones) is 1. The number of carbonyl (C=O) groups excluding carboxylic acids is 1. The number of anilines is 3. The minimum absolute atomic E-state index is 0.338. The van der Waals surface area contributed by atoms with Gasteiger partial charge in [0.25, 0.3) is 0 Å². The Bertz CT molecular complexity index is 2170. The minimum atomic E-state index is -1.27. The van der Waals surface area contributed by atoms with Gasteiger partial charge in [-0.1, -0.05) is 54.6 Å². The molecular weight excluding hydrogens is 755 g/mol. The molecule has 2 fully saturated rings. The highest BCUT2D eigenvalue weighted by Gasteiger charge is 2.44. The molecule has 0 aromatic heterocycles. The monoisotopic (exact) mass is 815 g/mol. The van der Waals surface area contributed by atoms with Crippen LogP contribution in [0.1, 0.15) is 104 Å². The summed E-state index contributed by atoms with van der Waals surface area (Å²) in [6.07, 6.45) is 11.8. The van der Waals surface area contributed by atoms with E-state index in [0.29, 0.717) is 18.8 Å². The second kappa shape index (κ2) is 19.2. The fourth-order valence-electron chi connectivity index (χ4n) is 9.24.